The van der Waals surface area contributed by atoms with Crippen molar-refractivity contribution in [3.05, 3.63) is 35.9 Å². The molecule has 0 unspecified atom stereocenters. The summed E-state index contributed by atoms with van der Waals surface area (Å²) in [5, 5.41) is 0. The number of carbonyl (C=O) groups excluding carboxylic acids is 2. The third kappa shape index (κ3) is 22.4. The number of carbonyl (C=O) groups is 2. The maximum atomic E-state index is 10.2. The number of esters is 2. The normalized spacial score (nSPS) is 8.12. The standard InChI is InChI=1S/C8H10.2C5H10O2.C2H6/c1-2-8-6-4-3-5-7-8;2*1-3-5(6)7-4-2;1-2/h3-7H,2H2,1H3;2*3-4H2,1-2H3;1-2H3. The summed E-state index contributed by atoms with van der Waals surface area (Å²) in [6.45, 7) is 14.3. The largest absolute Gasteiger partial charge is 0.466 e. The van der Waals surface area contributed by atoms with Crippen LogP contribution in [0.3, 0.4) is 0 Å². The van der Waals surface area contributed by atoms with Crippen LogP contribution in [0.2, 0.25) is 0 Å². The molecular formula is C20H36O4. The monoisotopic (exact) mass is 340 g/mol. The van der Waals surface area contributed by atoms with Crippen LogP contribution in [-0.4, -0.2) is 25.2 Å². The number of rotatable bonds is 5. The maximum Gasteiger partial charge on any atom is 0.305 e. The van der Waals surface area contributed by atoms with Gasteiger partial charge in [-0.3, -0.25) is 9.59 Å². The maximum absolute atomic E-state index is 10.2. The van der Waals surface area contributed by atoms with Crippen LogP contribution in [0.25, 0.3) is 0 Å². The van der Waals surface area contributed by atoms with Gasteiger partial charge in [-0.2, -0.15) is 0 Å². The molecule has 0 saturated heterocycles. The Labute approximate surface area is 148 Å². The molecule has 0 atom stereocenters. The highest BCUT2D eigenvalue weighted by molar-refractivity contribution is 5.69. The molecule has 0 aliphatic carbocycles. The molecule has 0 amide bonds. The average Bonchev–Trinajstić information content (AvgIpc) is 2.65. The quantitative estimate of drug-likeness (QED) is 0.692. The summed E-state index contributed by atoms with van der Waals surface area (Å²) in [5.74, 6) is -0.245. The molecule has 140 valence electrons. The van der Waals surface area contributed by atoms with Crippen molar-refractivity contribution in [2.24, 2.45) is 0 Å². The third-order valence-electron chi connectivity index (χ3n) is 2.44. The fourth-order valence-corrected chi connectivity index (χ4v) is 1.24. The van der Waals surface area contributed by atoms with Crippen molar-refractivity contribution in [1.82, 2.24) is 0 Å². The molecule has 0 aliphatic heterocycles. The average molecular weight is 341 g/mol. The summed E-state index contributed by atoms with van der Waals surface area (Å²) in [5.41, 5.74) is 1.41. The molecule has 0 bridgehead atoms. The Morgan fingerprint density at radius 3 is 1.29 bits per heavy atom. The first-order valence-electron chi connectivity index (χ1n) is 8.90. The van der Waals surface area contributed by atoms with Gasteiger partial charge in [0.05, 0.1) is 13.2 Å². The molecule has 1 aromatic carbocycles. The molecule has 0 heterocycles. The molecule has 0 aromatic heterocycles. The summed E-state index contributed by atoms with van der Waals surface area (Å²) < 4.78 is 9.10. The molecule has 0 radical (unpaired) electrons. The first-order chi connectivity index (χ1) is 11.5. The van der Waals surface area contributed by atoms with Gasteiger partial charge in [0.1, 0.15) is 0 Å². The lowest BCUT2D eigenvalue weighted by Gasteiger charge is -1.93. The Hall–Kier alpha value is -1.84. The van der Waals surface area contributed by atoms with E-state index in [9.17, 15) is 9.59 Å². The Bertz CT molecular complexity index is 356. The van der Waals surface area contributed by atoms with Crippen molar-refractivity contribution in [2.45, 2.75) is 67.7 Å². The minimum absolute atomic E-state index is 0.123. The van der Waals surface area contributed by atoms with Crippen LogP contribution in [-0.2, 0) is 25.5 Å². The van der Waals surface area contributed by atoms with Crippen molar-refractivity contribution in [1.29, 1.82) is 0 Å². The third-order valence-corrected chi connectivity index (χ3v) is 2.44. The van der Waals surface area contributed by atoms with Crippen LogP contribution in [0, 0.1) is 0 Å². The summed E-state index contributed by atoms with van der Waals surface area (Å²) in [4.78, 5) is 20.4. The van der Waals surface area contributed by atoms with Gasteiger partial charge in [0.15, 0.2) is 0 Å². The van der Waals surface area contributed by atoms with Crippen molar-refractivity contribution in [3.63, 3.8) is 0 Å². The zero-order chi connectivity index (χ0) is 19.2. The van der Waals surface area contributed by atoms with Gasteiger partial charge in [-0.15, -0.1) is 0 Å². The molecule has 0 spiro atoms. The first kappa shape index (κ1) is 27.0. The van der Waals surface area contributed by atoms with E-state index in [1.807, 2.05) is 19.9 Å². The molecular weight excluding hydrogens is 304 g/mol. The number of hydrogen-bond acceptors (Lipinski definition) is 4. The van der Waals surface area contributed by atoms with E-state index in [2.05, 4.69) is 40.7 Å². The van der Waals surface area contributed by atoms with E-state index in [1.54, 1.807) is 27.7 Å². The molecule has 1 aromatic rings. The molecule has 0 saturated carbocycles. The second kappa shape index (κ2) is 23.4. The number of benzene rings is 1. The summed E-state index contributed by atoms with van der Waals surface area (Å²) in [6.07, 6.45) is 2.10. The highest BCUT2D eigenvalue weighted by Gasteiger charge is 1.91. The van der Waals surface area contributed by atoms with Crippen LogP contribution in [0.5, 0.6) is 0 Å². The Morgan fingerprint density at radius 1 is 0.750 bits per heavy atom. The zero-order valence-corrected chi connectivity index (χ0v) is 16.6. The van der Waals surface area contributed by atoms with Crippen molar-refractivity contribution < 1.29 is 19.1 Å². The van der Waals surface area contributed by atoms with E-state index in [1.165, 1.54) is 5.56 Å². The summed E-state index contributed by atoms with van der Waals surface area (Å²) >= 11 is 0. The predicted octanol–water partition coefficient (Wildman–Crippen LogP) is 5.19. The second-order valence-corrected chi connectivity index (χ2v) is 4.16. The van der Waals surface area contributed by atoms with Crippen LogP contribution >= 0.6 is 0 Å². The van der Waals surface area contributed by atoms with Gasteiger partial charge in [-0.25, -0.2) is 0 Å². The van der Waals surface area contributed by atoms with E-state index in [4.69, 9.17) is 0 Å². The van der Waals surface area contributed by atoms with Crippen LogP contribution in [0.4, 0.5) is 0 Å². The van der Waals surface area contributed by atoms with Crippen LogP contribution in [0.15, 0.2) is 30.3 Å². The van der Waals surface area contributed by atoms with E-state index in [0.717, 1.165) is 6.42 Å². The minimum Gasteiger partial charge on any atom is -0.466 e. The van der Waals surface area contributed by atoms with Gasteiger partial charge in [0.2, 0.25) is 0 Å². The summed E-state index contributed by atoms with van der Waals surface area (Å²) in [7, 11) is 0. The van der Waals surface area contributed by atoms with Gasteiger partial charge in [0.25, 0.3) is 0 Å². The number of aryl methyl sites for hydroxylation is 1. The minimum atomic E-state index is -0.123. The molecule has 0 fully saturated rings. The Kier molecular flexibility index (Phi) is 26.4. The van der Waals surface area contributed by atoms with Gasteiger partial charge in [-0.05, 0) is 25.8 Å². The zero-order valence-electron chi connectivity index (χ0n) is 16.6. The van der Waals surface area contributed by atoms with Crippen LogP contribution in [0.1, 0.15) is 66.9 Å². The lowest BCUT2D eigenvalue weighted by Crippen LogP contribution is -2.00. The summed E-state index contributed by atoms with van der Waals surface area (Å²) in [6, 6.07) is 10.5. The van der Waals surface area contributed by atoms with Gasteiger partial charge < -0.3 is 9.47 Å². The van der Waals surface area contributed by atoms with Crippen molar-refractivity contribution in [2.75, 3.05) is 13.2 Å². The lowest BCUT2D eigenvalue weighted by molar-refractivity contribution is -0.143. The Balaban J connectivity index is -0.000000263. The van der Waals surface area contributed by atoms with Gasteiger partial charge >= 0.3 is 11.9 Å². The molecule has 0 N–H and O–H groups in total. The van der Waals surface area contributed by atoms with Crippen LogP contribution < -0.4 is 0 Å². The first-order valence-corrected chi connectivity index (χ1v) is 8.90. The van der Waals surface area contributed by atoms with E-state index >= 15 is 0 Å². The number of ether oxygens (including phenoxy) is 2. The smallest absolute Gasteiger partial charge is 0.305 e. The lowest BCUT2D eigenvalue weighted by atomic mass is 10.2. The van der Waals surface area contributed by atoms with Gasteiger partial charge in [-0.1, -0.05) is 65.0 Å². The Morgan fingerprint density at radius 2 is 1.12 bits per heavy atom. The molecule has 0 aliphatic rings. The molecule has 4 nitrogen and oxygen atoms in total. The van der Waals surface area contributed by atoms with Crippen molar-refractivity contribution >= 4 is 11.9 Å². The SMILES string of the molecule is CC.CCOC(=O)CC.CCOC(=O)CC.CCc1ccccc1. The second-order valence-electron chi connectivity index (χ2n) is 4.16. The fourth-order valence-electron chi connectivity index (χ4n) is 1.24. The number of hydrogen-bond donors (Lipinski definition) is 0. The van der Waals surface area contributed by atoms with E-state index in [0.29, 0.717) is 26.1 Å². The van der Waals surface area contributed by atoms with E-state index < -0.39 is 0 Å². The molecule has 1 rings (SSSR count). The topological polar surface area (TPSA) is 52.6 Å². The highest BCUT2D eigenvalue weighted by Crippen LogP contribution is 1.96. The fraction of sp³-hybridized carbons (Fsp3) is 0.600. The van der Waals surface area contributed by atoms with E-state index in [-0.39, 0.29) is 11.9 Å². The van der Waals surface area contributed by atoms with Gasteiger partial charge in [0, 0.05) is 12.8 Å². The highest BCUT2D eigenvalue weighted by atomic mass is 16.5. The molecule has 24 heavy (non-hydrogen) atoms. The molecule has 4 heteroatoms. The predicted molar refractivity (Wildman–Crippen MR) is 101 cm³/mol. The van der Waals surface area contributed by atoms with Crippen molar-refractivity contribution in [3.8, 4) is 0 Å².